The Labute approximate surface area is 107 Å². The molecule has 1 aromatic heterocycles. The second kappa shape index (κ2) is 6.18. The van der Waals surface area contributed by atoms with Gasteiger partial charge in [-0.2, -0.15) is 0 Å². The molecule has 0 saturated carbocycles. The van der Waals surface area contributed by atoms with E-state index in [9.17, 15) is 4.79 Å². The molecule has 0 spiro atoms. The van der Waals surface area contributed by atoms with Crippen LogP contribution in [0.25, 0.3) is 0 Å². The van der Waals surface area contributed by atoms with Crippen molar-refractivity contribution in [2.45, 2.75) is 32.2 Å². The summed E-state index contributed by atoms with van der Waals surface area (Å²) in [5.74, 6) is 1.64. The number of anilines is 2. The van der Waals surface area contributed by atoms with E-state index in [1.54, 1.807) is 12.4 Å². The summed E-state index contributed by atoms with van der Waals surface area (Å²) >= 11 is 0. The maximum absolute atomic E-state index is 11.1. The normalized spacial score (nSPS) is 18.5. The Hall–Kier alpha value is -1.85. The van der Waals surface area contributed by atoms with Crippen LogP contribution in [-0.2, 0) is 4.79 Å². The Morgan fingerprint density at radius 2 is 2.17 bits per heavy atom. The summed E-state index contributed by atoms with van der Waals surface area (Å²) in [6, 6.07) is 0.201. The Balaban J connectivity index is 1.83. The van der Waals surface area contributed by atoms with Crippen LogP contribution in [0.3, 0.4) is 0 Å². The molecule has 1 unspecified atom stereocenters. The molecule has 1 aliphatic heterocycles. The minimum Gasteiger partial charge on any atom is -0.369 e. The number of carbonyl (C=O) groups excluding carboxylic acids is 1. The Bertz CT molecular complexity index is 409. The van der Waals surface area contributed by atoms with Crippen molar-refractivity contribution < 1.29 is 4.79 Å². The van der Waals surface area contributed by atoms with Gasteiger partial charge in [0.15, 0.2) is 0 Å². The van der Waals surface area contributed by atoms with Crippen LogP contribution in [0.2, 0.25) is 0 Å². The SMILES string of the molecule is CCCNc1cncc(NCC2CCC(=O)N2)n1. The first-order valence-electron chi connectivity index (χ1n) is 6.37. The zero-order chi connectivity index (χ0) is 12.8. The lowest BCUT2D eigenvalue weighted by Gasteiger charge is -2.12. The lowest BCUT2D eigenvalue weighted by Crippen LogP contribution is -2.32. The molecule has 2 rings (SSSR count). The average molecular weight is 249 g/mol. The molecule has 18 heavy (non-hydrogen) atoms. The van der Waals surface area contributed by atoms with E-state index in [2.05, 4.69) is 32.8 Å². The van der Waals surface area contributed by atoms with Crippen LogP contribution < -0.4 is 16.0 Å². The summed E-state index contributed by atoms with van der Waals surface area (Å²) in [7, 11) is 0. The maximum Gasteiger partial charge on any atom is 0.220 e. The first-order valence-corrected chi connectivity index (χ1v) is 6.37. The van der Waals surface area contributed by atoms with Crippen LogP contribution in [0.5, 0.6) is 0 Å². The summed E-state index contributed by atoms with van der Waals surface area (Å²) in [6.45, 7) is 3.68. The van der Waals surface area contributed by atoms with Gasteiger partial charge in [-0.05, 0) is 12.8 Å². The van der Waals surface area contributed by atoms with E-state index in [-0.39, 0.29) is 11.9 Å². The lowest BCUT2D eigenvalue weighted by molar-refractivity contribution is -0.119. The second-order valence-corrected chi connectivity index (χ2v) is 4.40. The molecular weight excluding hydrogens is 230 g/mol. The molecule has 2 heterocycles. The highest BCUT2D eigenvalue weighted by Crippen LogP contribution is 2.10. The van der Waals surface area contributed by atoms with E-state index in [0.29, 0.717) is 13.0 Å². The highest BCUT2D eigenvalue weighted by Gasteiger charge is 2.20. The zero-order valence-corrected chi connectivity index (χ0v) is 10.6. The quantitative estimate of drug-likeness (QED) is 0.700. The molecule has 1 saturated heterocycles. The summed E-state index contributed by atoms with van der Waals surface area (Å²) in [4.78, 5) is 19.6. The van der Waals surface area contributed by atoms with Crippen molar-refractivity contribution in [1.82, 2.24) is 15.3 Å². The number of nitrogens with one attached hydrogen (secondary N) is 3. The molecule has 1 atom stereocenters. The van der Waals surface area contributed by atoms with E-state index >= 15 is 0 Å². The molecule has 1 fully saturated rings. The van der Waals surface area contributed by atoms with Gasteiger partial charge >= 0.3 is 0 Å². The maximum atomic E-state index is 11.1. The van der Waals surface area contributed by atoms with E-state index < -0.39 is 0 Å². The fraction of sp³-hybridized carbons (Fsp3) is 0.583. The molecule has 0 bridgehead atoms. The fourth-order valence-electron chi connectivity index (χ4n) is 1.85. The zero-order valence-electron chi connectivity index (χ0n) is 10.6. The number of rotatable bonds is 6. The molecule has 6 heteroatoms. The van der Waals surface area contributed by atoms with Crippen LogP contribution in [0, 0.1) is 0 Å². The van der Waals surface area contributed by atoms with Crippen LogP contribution in [0.1, 0.15) is 26.2 Å². The monoisotopic (exact) mass is 249 g/mol. The van der Waals surface area contributed by atoms with Gasteiger partial charge in [-0.25, -0.2) is 4.98 Å². The standard InChI is InChI=1S/C12H19N5O/c1-2-5-14-10-7-13-8-11(17-10)15-6-9-3-4-12(18)16-9/h7-9H,2-6H2,1H3,(H,16,18)(H2,14,15,17). The molecular formula is C12H19N5O. The van der Waals surface area contributed by atoms with Gasteiger partial charge in [0.1, 0.15) is 11.6 Å². The third-order valence-electron chi connectivity index (χ3n) is 2.81. The minimum absolute atomic E-state index is 0.131. The van der Waals surface area contributed by atoms with E-state index in [4.69, 9.17) is 0 Å². The number of carbonyl (C=O) groups is 1. The molecule has 1 amide bonds. The first-order chi connectivity index (χ1) is 8.78. The largest absolute Gasteiger partial charge is 0.369 e. The smallest absolute Gasteiger partial charge is 0.220 e. The molecule has 3 N–H and O–H groups in total. The number of hydrogen-bond donors (Lipinski definition) is 3. The van der Waals surface area contributed by atoms with Gasteiger partial charge in [0, 0.05) is 25.6 Å². The number of hydrogen-bond acceptors (Lipinski definition) is 5. The topological polar surface area (TPSA) is 78.9 Å². The van der Waals surface area contributed by atoms with Gasteiger partial charge in [0.05, 0.1) is 12.4 Å². The molecule has 1 aliphatic rings. The third kappa shape index (κ3) is 3.58. The predicted octanol–water partition coefficient (Wildman–Crippen LogP) is 0.989. The van der Waals surface area contributed by atoms with Gasteiger partial charge in [-0.3, -0.25) is 9.78 Å². The number of nitrogens with zero attached hydrogens (tertiary/aromatic N) is 2. The van der Waals surface area contributed by atoms with Crippen molar-refractivity contribution in [3.8, 4) is 0 Å². The Kier molecular flexibility index (Phi) is 4.33. The molecule has 0 aliphatic carbocycles. The van der Waals surface area contributed by atoms with Crippen LogP contribution in [0.15, 0.2) is 12.4 Å². The summed E-state index contributed by atoms with van der Waals surface area (Å²) in [6.07, 6.45) is 5.95. The minimum atomic E-state index is 0.131. The summed E-state index contributed by atoms with van der Waals surface area (Å²) in [5.41, 5.74) is 0. The van der Waals surface area contributed by atoms with Crippen molar-refractivity contribution in [2.24, 2.45) is 0 Å². The highest BCUT2D eigenvalue weighted by molar-refractivity contribution is 5.78. The third-order valence-corrected chi connectivity index (χ3v) is 2.81. The van der Waals surface area contributed by atoms with Gasteiger partial charge in [0.2, 0.25) is 5.91 Å². The lowest BCUT2D eigenvalue weighted by atomic mass is 10.2. The van der Waals surface area contributed by atoms with Gasteiger partial charge in [-0.1, -0.05) is 6.92 Å². The van der Waals surface area contributed by atoms with Crippen LogP contribution in [-0.4, -0.2) is 35.0 Å². The van der Waals surface area contributed by atoms with E-state index in [1.165, 1.54) is 0 Å². The molecule has 1 aromatic rings. The Morgan fingerprint density at radius 3 is 2.83 bits per heavy atom. The summed E-state index contributed by atoms with van der Waals surface area (Å²) < 4.78 is 0. The predicted molar refractivity (Wildman–Crippen MR) is 70.5 cm³/mol. The van der Waals surface area contributed by atoms with Crippen molar-refractivity contribution in [3.05, 3.63) is 12.4 Å². The van der Waals surface area contributed by atoms with Crippen LogP contribution >= 0.6 is 0 Å². The molecule has 0 radical (unpaired) electrons. The number of amides is 1. The van der Waals surface area contributed by atoms with Crippen molar-refractivity contribution in [2.75, 3.05) is 23.7 Å². The van der Waals surface area contributed by atoms with Crippen molar-refractivity contribution in [3.63, 3.8) is 0 Å². The second-order valence-electron chi connectivity index (χ2n) is 4.40. The van der Waals surface area contributed by atoms with Gasteiger partial charge in [-0.15, -0.1) is 0 Å². The van der Waals surface area contributed by atoms with Crippen molar-refractivity contribution in [1.29, 1.82) is 0 Å². The van der Waals surface area contributed by atoms with Gasteiger partial charge < -0.3 is 16.0 Å². The van der Waals surface area contributed by atoms with E-state index in [0.717, 1.165) is 31.0 Å². The molecule has 6 nitrogen and oxygen atoms in total. The molecule has 98 valence electrons. The number of aromatic nitrogens is 2. The van der Waals surface area contributed by atoms with E-state index in [1.807, 2.05) is 0 Å². The van der Waals surface area contributed by atoms with Crippen LogP contribution in [0.4, 0.5) is 11.6 Å². The van der Waals surface area contributed by atoms with Gasteiger partial charge in [0.25, 0.3) is 0 Å². The fourth-order valence-corrected chi connectivity index (χ4v) is 1.85. The summed E-state index contributed by atoms with van der Waals surface area (Å²) in [5, 5.41) is 9.29. The molecule has 0 aromatic carbocycles. The highest BCUT2D eigenvalue weighted by atomic mass is 16.1. The Morgan fingerprint density at radius 1 is 1.39 bits per heavy atom. The van der Waals surface area contributed by atoms with Crippen molar-refractivity contribution >= 4 is 17.5 Å². The average Bonchev–Trinajstić information content (AvgIpc) is 2.80. The first kappa shape index (κ1) is 12.6.